The Morgan fingerprint density at radius 1 is 0.926 bits per heavy atom. The van der Waals surface area contributed by atoms with Gasteiger partial charge in [0.1, 0.15) is 0 Å². The van der Waals surface area contributed by atoms with Crippen molar-refractivity contribution in [3.8, 4) is 0 Å². The highest BCUT2D eigenvalue weighted by molar-refractivity contribution is 5.10. The molecule has 0 spiro atoms. The van der Waals surface area contributed by atoms with Gasteiger partial charge in [0.05, 0.1) is 12.2 Å². The van der Waals surface area contributed by atoms with Crippen LogP contribution in [0, 0.1) is 46.3 Å². The molecule has 0 aliphatic heterocycles. The van der Waals surface area contributed by atoms with Crippen molar-refractivity contribution >= 4 is 0 Å². The first-order valence-electron chi connectivity index (χ1n) is 11.8. The predicted molar refractivity (Wildman–Crippen MR) is 108 cm³/mol. The standard InChI is InChI=1S/C24H42O3/c1-15(5-4-12-25)18-8-9-19-17-7-6-16-13-21(26)22(27)14-24(16,3)20(17)10-11-23(18,19)2/h15-22,25-27H,4-14H2,1-3H3/t15-,16+,17+,18-,19+,20+,21+,22+,23-,24+/m1/s1. The molecule has 27 heavy (non-hydrogen) atoms. The molecule has 3 N–H and O–H groups in total. The highest BCUT2D eigenvalue weighted by atomic mass is 16.3. The Hall–Kier alpha value is -0.120. The van der Waals surface area contributed by atoms with Crippen LogP contribution in [0.4, 0.5) is 0 Å². The summed E-state index contributed by atoms with van der Waals surface area (Å²) in [5, 5.41) is 29.9. The van der Waals surface area contributed by atoms with Crippen molar-refractivity contribution < 1.29 is 15.3 Å². The molecule has 4 rings (SSSR count). The molecule has 10 atom stereocenters. The third kappa shape index (κ3) is 3.11. The van der Waals surface area contributed by atoms with Gasteiger partial charge in [-0.2, -0.15) is 0 Å². The topological polar surface area (TPSA) is 60.7 Å². The van der Waals surface area contributed by atoms with E-state index in [1.54, 1.807) is 0 Å². The molecule has 0 radical (unpaired) electrons. The van der Waals surface area contributed by atoms with Crippen molar-refractivity contribution in [2.24, 2.45) is 46.3 Å². The van der Waals surface area contributed by atoms with Crippen molar-refractivity contribution in [1.82, 2.24) is 0 Å². The first-order chi connectivity index (χ1) is 12.8. The quantitative estimate of drug-likeness (QED) is 0.680. The number of aliphatic hydroxyl groups is 3. The van der Waals surface area contributed by atoms with Gasteiger partial charge in [-0.3, -0.25) is 0 Å². The third-order valence-corrected chi connectivity index (χ3v) is 10.3. The maximum atomic E-state index is 10.4. The van der Waals surface area contributed by atoms with Crippen LogP contribution in [0.15, 0.2) is 0 Å². The molecule has 156 valence electrons. The molecule has 0 aromatic heterocycles. The number of fused-ring (bicyclic) bond motifs is 5. The zero-order valence-electron chi connectivity index (χ0n) is 17.7. The summed E-state index contributed by atoms with van der Waals surface area (Å²) < 4.78 is 0. The Bertz CT molecular complexity index is 536. The molecule has 0 aromatic rings. The lowest BCUT2D eigenvalue weighted by Crippen LogP contribution is -2.56. The van der Waals surface area contributed by atoms with Gasteiger partial charge in [-0.05, 0) is 111 Å². The van der Waals surface area contributed by atoms with Crippen molar-refractivity contribution in [3.05, 3.63) is 0 Å². The normalized spacial score (nSPS) is 53.3. The summed E-state index contributed by atoms with van der Waals surface area (Å²) in [6, 6.07) is 0. The van der Waals surface area contributed by atoms with E-state index in [1.165, 1.54) is 44.9 Å². The fourth-order valence-corrected chi connectivity index (χ4v) is 8.87. The zero-order valence-corrected chi connectivity index (χ0v) is 17.7. The molecule has 4 fully saturated rings. The fourth-order valence-electron chi connectivity index (χ4n) is 8.87. The van der Waals surface area contributed by atoms with Gasteiger partial charge >= 0.3 is 0 Å². The lowest BCUT2D eigenvalue weighted by atomic mass is 9.44. The molecule has 0 amide bonds. The second-order valence-electron chi connectivity index (χ2n) is 11.3. The molecule has 4 saturated carbocycles. The van der Waals surface area contributed by atoms with Gasteiger partial charge in [-0.25, -0.2) is 0 Å². The van der Waals surface area contributed by atoms with Crippen LogP contribution in [0.1, 0.15) is 85.0 Å². The van der Waals surface area contributed by atoms with E-state index >= 15 is 0 Å². The average molecular weight is 379 g/mol. The Morgan fingerprint density at radius 2 is 1.67 bits per heavy atom. The first kappa shape index (κ1) is 20.2. The van der Waals surface area contributed by atoms with Gasteiger partial charge in [0.2, 0.25) is 0 Å². The van der Waals surface area contributed by atoms with E-state index in [2.05, 4.69) is 20.8 Å². The van der Waals surface area contributed by atoms with E-state index in [9.17, 15) is 15.3 Å². The second-order valence-corrected chi connectivity index (χ2v) is 11.3. The van der Waals surface area contributed by atoms with Crippen molar-refractivity contribution in [1.29, 1.82) is 0 Å². The summed E-state index contributed by atoms with van der Waals surface area (Å²) in [7, 11) is 0. The lowest BCUT2D eigenvalue weighted by molar-refractivity contribution is -0.160. The van der Waals surface area contributed by atoms with Crippen LogP contribution in [0.25, 0.3) is 0 Å². The second kappa shape index (κ2) is 7.29. The van der Waals surface area contributed by atoms with Gasteiger partial charge in [0.15, 0.2) is 0 Å². The molecule has 0 aromatic carbocycles. The smallest absolute Gasteiger partial charge is 0.0804 e. The summed E-state index contributed by atoms with van der Waals surface area (Å²) in [5.74, 6) is 4.55. The van der Waals surface area contributed by atoms with Crippen molar-refractivity contribution in [3.63, 3.8) is 0 Å². The van der Waals surface area contributed by atoms with E-state index in [1.807, 2.05) is 0 Å². The zero-order chi connectivity index (χ0) is 19.4. The molecule has 3 nitrogen and oxygen atoms in total. The number of hydrogen-bond acceptors (Lipinski definition) is 3. The molecule has 0 bridgehead atoms. The van der Waals surface area contributed by atoms with Gasteiger partial charge in [-0.1, -0.05) is 20.8 Å². The van der Waals surface area contributed by atoms with E-state index in [0.29, 0.717) is 17.9 Å². The minimum absolute atomic E-state index is 0.226. The van der Waals surface area contributed by atoms with E-state index in [0.717, 1.165) is 48.9 Å². The highest BCUT2D eigenvalue weighted by Crippen LogP contribution is 2.68. The van der Waals surface area contributed by atoms with Crippen LogP contribution < -0.4 is 0 Å². The van der Waals surface area contributed by atoms with Crippen LogP contribution in [0.3, 0.4) is 0 Å². The van der Waals surface area contributed by atoms with E-state index in [4.69, 9.17) is 0 Å². The van der Waals surface area contributed by atoms with Crippen LogP contribution in [-0.4, -0.2) is 34.1 Å². The SMILES string of the molecule is C[C@H](CCCO)[C@H]1CC[C@H]2[C@@H]3CC[C@H]4C[C@H](O)[C@@H](O)C[C@]4(C)[C@H]3CC[C@]12C. The Labute approximate surface area is 165 Å². The van der Waals surface area contributed by atoms with Crippen LogP contribution in [0.2, 0.25) is 0 Å². The molecule has 0 saturated heterocycles. The van der Waals surface area contributed by atoms with Gasteiger partial charge in [-0.15, -0.1) is 0 Å². The average Bonchev–Trinajstić information content (AvgIpc) is 2.98. The molecular weight excluding hydrogens is 336 g/mol. The summed E-state index contributed by atoms with van der Waals surface area (Å²) in [4.78, 5) is 0. The fraction of sp³-hybridized carbons (Fsp3) is 1.00. The minimum atomic E-state index is -0.520. The number of rotatable bonds is 4. The minimum Gasteiger partial charge on any atom is -0.396 e. The molecule has 3 heteroatoms. The summed E-state index contributed by atoms with van der Waals surface area (Å²) in [6.07, 6.45) is 10.7. The summed E-state index contributed by atoms with van der Waals surface area (Å²) in [6.45, 7) is 7.80. The first-order valence-corrected chi connectivity index (χ1v) is 11.8. The highest BCUT2D eigenvalue weighted by Gasteiger charge is 2.61. The molecule has 4 aliphatic rings. The van der Waals surface area contributed by atoms with Crippen LogP contribution in [-0.2, 0) is 0 Å². The monoisotopic (exact) mass is 378 g/mol. The van der Waals surface area contributed by atoms with E-state index < -0.39 is 12.2 Å². The number of aliphatic hydroxyl groups excluding tert-OH is 3. The van der Waals surface area contributed by atoms with Gasteiger partial charge in [0.25, 0.3) is 0 Å². The molecular formula is C24H42O3. The molecule has 4 aliphatic carbocycles. The van der Waals surface area contributed by atoms with Gasteiger partial charge < -0.3 is 15.3 Å². The van der Waals surface area contributed by atoms with Crippen LogP contribution in [0.5, 0.6) is 0 Å². The number of hydrogen-bond donors (Lipinski definition) is 3. The van der Waals surface area contributed by atoms with E-state index in [-0.39, 0.29) is 5.41 Å². The maximum absolute atomic E-state index is 10.4. The Kier molecular flexibility index (Phi) is 5.44. The lowest BCUT2D eigenvalue weighted by Gasteiger charge is -2.61. The molecule has 0 unspecified atom stereocenters. The Balaban J connectivity index is 1.54. The maximum Gasteiger partial charge on any atom is 0.0804 e. The van der Waals surface area contributed by atoms with Gasteiger partial charge in [0, 0.05) is 6.61 Å². The summed E-state index contributed by atoms with van der Waals surface area (Å²) in [5.41, 5.74) is 0.704. The summed E-state index contributed by atoms with van der Waals surface area (Å²) >= 11 is 0. The largest absolute Gasteiger partial charge is 0.396 e. The van der Waals surface area contributed by atoms with Crippen molar-refractivity contribution in [2.75, 3.05) is 6.61 Å². The molecule has 0 heterocycles. The predicted octanol–water partition coefficient (Wildman–Crippen LogP) is 4.39. The third-order valence-electron chi connectivity index (χ3n) is 10.3. The van der Waals surface area contributed by atoms with Crippen molar-refractivity contribution in [2.45, 2.75) is 97.2 Å². The van der Waals surface area contributed by atoms with Crippen LogP contribution >= 0.6 is 0 Å². The Morgan fingerprint density at radius 3 is 2.41 bits per heavy atom.